The number of hydrogen-bond donors (Lipinski definition) is 0. The van der Waals surface area contributed by atoms with Crippen LogP contribution in [0, 0.1) is 16.0 Å². The van der Waals surface area contributed by atoms with E-state index in [2.05, 4.69) is 4.98 Å². The molecule has 5 heteroatoms. The van der Waals surface area contributed by atoms with Gasteiger partial charge in [0.05, 0.1) is 4.92 Å². The minimum Gasteiger partial charge on any atom is -0.258 e. The average Bonchev–Trinajstić information content (AvgIpc) is 2.18. The summed E-state index contributed by atoms with van der Waals surface area (Å²) in [5.74, 6) is 0.291. The first-order valence-electron chi connectivity index (χ1n) is 4.73. The van der Waals surface area contributed by atoms with Gasteiger partial charge in [0.1, 0.15) is 6.20 Å². The Bertz CT molecular complexity index is 355. The molecule has 1 unspecified atom stereocenters. The van der Waals surface area contributed by atoms with E-state index in [9.17, 15) is 10.1 Å². The summed E-state index contributed by atoms with van der Waals surface area (Å²) in [6.45, 7) is 3.98. The minimum atomic E-state index is -0.424. The molecule has 0 fully saturated rings. The lowest BCUT2D eigenvalue weighted by Crippen LogP contribution is -2.12. The lowest BCUT2D eigenvalue weighted by atomic mass is 10.0. The molecular weight excluding hydrogens is 216 g/mol. The maximum absolute atomic E-state index is 10.7. The Kier molecular flexibility index (Phi) is 4.03. The van der Waals surface area contributed by atoms with Crippen molar-refractivity contribution in [1.29, 1.82) is 0 Å². The van der Waals surface area contributed by atoms with E-state index in [-0.39, 0.29) is 11.1 Å². The van der Waals surface area contributed by atoms with Crippen LogP contribution in [0.3, 0.4) is 0 Å². The van der Waals surface area contributed by atoms with Crippen LogP contribution in [-0.4, -0.2) is 15.3 Å². The number of hydrogen-bond acceptors (Lipinski definition) is 3. The Morgan fingerprint density at radius 1 is 1.60 bits per heavy atom. The van der Waals surface area contributed by atoms with Crippen molar-refractivity contribution in [2.24, 2.45) is 5.92 Å². The summed E-state index contributed by atoms with van der Waals surface area (Å²) < 4.78 is 0. The van der Waals surface area contributed by atoms with E-state index < -0.39 is 4.92 Å². The molecule has 0 amide bonds. The van der Waals surface area contributed by atoms with Crippen LogP contribution in [0.15, 0.2) is 18.5 Å². The molecule has 0 bridgehead atoms. The molecule has 1 rings (SSSR count). The van der Waals surface area contributed by atoms with Gasteiger partial charge in [-0.1, -0.05) is 13.8 Å². The summed E-state index contributed by atoms with van der Waals surface area (Å²) >= 11 is 6.08. The quantitative estimate of drug-likeness (QED) is 0.452. The highest BCUT2D eigenvalue weighted by Gasteiger charge is 2.18. The molecule has 15 heavy (non-hydrogen) atoms. The second kappa shape index (κ2) is 5.07. The number of rotatable bonds is 4. The van der Waals surface area contributed by atoms with Crippen LogP contribution in [0.4, 0.5) is 5.69 Å². The zero-order valence-corrected chi connectivity index (χ0v) is 9.44. The molecule has 0 spiro atoms. The third kappa shape index (κ3) is 3.16. The number of nitro groups is 1. The van der Waals surface area contributed by atoms with E-state index >= 15 is 0 Å². The highest BCUT2D eigenvalue weighted by molar-refractivity contribution is 6.20. The van der Waals surface area contributed by atoms with Crippen molar-refractivity contribution in [2.75, 3.05) is 0 Å². The summed E-state index contributed by atoms with van der Waals surface area (Å²) in [6.07, 6.45) is 3.31. The smallest absolute Gasteiger partial charge is 0.258 e. The third-order valence-electron chi connectivity index (χ3n) is 2.22. The molecular formula is C10H13ClN2O2. The van der Waals surface area contributed by atoms with E-state index in [0.29, 0.717) is 17.9 Å². The normalized spacial score (nSPS) is 12.8. The van der Waals surface area contributed by atoms with Gasteiger partial charge in [-0.15, -0.1) is 11.6 Å². The highest BCUT2D eigenvalue weighted by atomic mass is 35.5. The van der Waals surface area contributed by atoms with Gasteiger partial charge in [-0.05, 0) is 18.4 Å². The topological polar surface area (TPSA) is 56.0 Å². The molecule has 0 N–H and O–H groups in total. The van der Waals surface area contributed by atoms with Gasteiger partial charge in [-0.25, -0.2) is 0 Å². The zero-order chi connectivity index (χ0) is 11.4. The monoisotopic (exact) mass is 228 g/mol. The molecule has 0 saturated heterocycles. The third-order valence-corrected chi connectivity index (χ3v) is 2.88. The molecule has 0 aliphatic heterocycles. The zero-order valence-electron chi connectivity index (χ0n) is 8.68. The van der Waals surface area contributed by atoms with Crippen LogP contribution in [0.5, 0.6) is 0 Å². The van der Waals surface area contributed by atoms with Crippen molar-refractivity contribution in [3.8, 4) is 0 Å². The second-order valence-corrected chi connectivity index (χ2v) is 4.29. The maximum atomic E-state index is 10.7. The van der Waals surface area contributed by atoms with E-state index in [1.807, 2.05) is 13.8 Å². The summed E-state index contributed by atoms with van der Waals surface area (Å²) in [5, 5.41) is 10.6. The van der Waals surface area contributed by atoms with Crippen LogP contribution >= 0.6 is 11.6 Å². The number of alkyl halides is 1. The largest absolute Gasteiger partial charge is 0.290 e. The number of pyridine rings is 1. The van der Waals surface area contributed by atoms with Crippen molar-refractivity contribution in [1.82, 2.24) is 4.98 Å². The Morgan fingerprint density at radius 2 is 2.27 bits per heavy atom. The van der Waals surface area contributed by atoms with Gasteiger partial charge in [0.2, 0.25) is 0 Å². The Labute approximate surface area is 93.4 Å². The van der Waals surface area contributed by atoms with Crippen molar-refractivity contribution < 1.29 is 4.92 Å². The number of aromatic nitrogens is 1. The summed E-state index contributed by atoms with van der Waals surface area (Å²) in [5.41, 5.74) is 0.688. The van der Waals surface area contributed by atoms with E-state index in [1.165, 1.54) is 6.20 Å². The van der Waals surface area contributed by atoms with Gasteiger partial charge in [0.15, 0.2) is 0 Å². The van der Waals surface area contributed by atoms with Crippen molar-refractivity contribution in [3.63, 3.8) is 0 Å². The number of nitrogens with zero attached hydrogens (tertiary/aromatic N) is 2. The molecule has 4 nitrogen and oxygen atoms in total. The highest BCUT2D eigenvalue weighted by Crippen LogP contribution is 2.22. The Morgan fingerprint density at radius 3 is 2.80 bits per heavy atom. The fourth-order valence-corrected chi connectivity index (χ4v) is 1.36. The van der Waals surface area contributed by atoms with Gasteiger partial charge >= 0.3 is 0 Å². The van der Waals surface area contributed by atoms with Gasteiger partial charge < -0.3 is 0 Å². The standard InChI is InChI=1S/C10H13ClN2O2/c1-7(2)9(11)5-8-3-4-12-6-10(8)13(14)15/h3-4,6-7,9H,5H2,1-2H3. The predicted octanol–water partition coefficient (Wildman–Crippen LogP) is 2.80. The molecule has 0 saturated carbocycles. The first kappa shape index (κ1) is 11.9. The van der Waals surface area contributed by atoms with Gasteiger partial charge in [-0.3, -0.25) is 15.1 Å². The molecule has 82 valence electrons. The Balaban J connectivity index is 2.89. The predicted molar refractivity (Wildman–Crippen MR) is 59.1 cm³/mol. The average molecular weight is 229 g/mol. The second-order valence-electron chi connectivity index (χ2n) is 3.73. The van der Waals surface area contributed by atoms with Crippen LogP contribution in [0.2, 0.25) is 0 Å². The molecule has 1 aromatic rings. The van der Waals surface area contributed by atoms with E-state index in [4.69, 9.17) is 11.6 Å². The fraction of sp³-hybridized carbons (Fsp3) is 0.500. The van der Waals surface area contributed by atoms with Crippen LogP contribution in [0.25, 0.3) is 0 Å². The summed E-state index contributed by atoms with van der Waals surface area (Å²) in [7, 11) is 0. The first-order valence-corrected chi connectivity index (χ1v) is 5.17. The summed E-state index contributed by atoms with van der Waals surface area (Å²) in [6, 6.07) is 1.65. The maximum Gasteiger partial charge on any atom is 0.290 e. The molecule has 1 aromatic heterocycles. The van der Waals surface area contributed by atoms with E-state index in [1.54, 1.807) is 12.3 Å². The number of halogens is 1. The van der Waals surface area contributed by atoms with Gasteiger partial charge in [0, 0.05) is 17.1 Å². The van der Waals surface area contributed by atoms with Crippen molar-refractivity contribution in [2.45, 2.75) is 25.6 Å². The van der Waals surface area contributed by atoms with E-state index in [0.717, 1.165) is 0 Å². The molecule has 0 radical (unpaired) electrons. The first-order chi connectivity index (χ1) is 7.02. The SMILES string of the molecule is CC(C)C(Cl)Cc1ccncc1[N+](=O)[O-]. The van der Waals surface area contributed by atoms with Crippen LogP contribution < -0.4 is 0 Å². The van der Waals surface area contributed by atoms with Gasteiger partial charge in [-0.2, -0.15) is 0 Å². The molecule has 0 aliphatic rings. The molecule has 1 atom stereocenters. The van der Waals surface area contributed by atoms with Crippen molar-refractivity contribution >= 4 is 17.3 Å². The summed E-state index contributed by atoms with van der Waals surface area (Å²) in [4.78, 5) is 14.0. The molecule has 0 aliphatic carbocycles. The van der Waals surface area contributed by atoms with Crippen molar-refractivity contribution in [3.05, 3.63) is 34.1 Å². The van der Waals surface area contributed by atoms with Crippen LogP contribution in [0.1, 0.15) is 19.4 Å². The van der Waals surface area contributed by atoms with Crippen LogP contribution in [-0.2, 0) is 6.42 Å². The van der Waals surface area contributed by atoms with Gasteiger partial charge in [0.25, 0.3) is 5.69 Å². The lowest BCUT2D eigenvalue weighted by molar-refractivity contribution is -0.385. The Hall–Kier alpha value is -1.16. The molecule has 1 heterocycles. The fourth-order valence-electron chi connectivity index (χ4n) is 1.20. The molecule has 0 aromatic carbocycles. The minimum absolute atomic E-state index is 0.0452. The lowest BCUT2D eigenvalue weighted by Gasteiger charge is -2.12.